The highest BCUT2D eigenvalue weighted by atomic mass is 16.7. The van der Waals surface area contributed by atoms with Crippen LogP contribution in [0.1, 0.15) is 32.1 Å². The van der Waals surface area contributed by atoms with Gasteiger partial charge < -0.3 is 19.3 Å². The van der Waals surface area contributed by atoms with Crippen LogP contribution in [0.4, 0.5) is 0 Å². The predicted octanol–water partition coefficient (Wildman–Crippen LogP) is 1.16. The van der Waals surface area contributed by atoms with Crippen molar-refractivity contribution >= 4 is 5.97 Å². The van der Waals surface area contributed by atoms with Crippen LogP contribution in [0.3, 0.4) is 0 Å². The molecule has 92 valence electrons. The van der Waals surface area contributed by atoms with Gasteiger partial charge in [-0.2, -0.15) is 0 Å². The van der Waals surface area contributed by atoms with Crippen molar-refractivity contribution in [3.05, 3.63) is 0 Å². The zero-order valence-electron chi connectivity index (χ0n) is 9.26. The van der Waals surface area contributed by atoms with E-state index in [0.29, 0.717) is 13.0 Å². The Labute approximate surface area is 94.7 Å². The van der Waals surface area contributed by atoms with E-state index >= 15 is 0 Å². The summed E-state index contributed by atoms with van der Waals surface area (Å²) in [4.78, 5) is 10.4. The van der Waals surface area contributed by atoms with Gasteiger partial charge >= 0.3 is 5.97 Å². The third-order valence-electron chi connectivity index (χ3n) is 2.97. The first-order valence-electron chi connectivity index (χ1n) is 5.86. The molecule has 3 unspecified atom stereocenters. The summed E-state index contributed by atoms with van der Waals surface area (Å²) in [6.45, 7) is 1.26. The summed E-state index contributed by atoms with van der Waals surface area (Å²) in [6, 6.07) is 0. The summed E-state index contributed by atoms with van der Waals surface area (Å²) in [5.41, 5.74) is 0. The second kappa shape index (κ2) is 5.61. The van der Waals surface area contributed by atoms with Crippen LogP contribution < -0.4 is 0 Å². The first-order chi connectivity index (χ1) is 7.75. The molecule has 2 aliphatic heterocycles. The molecule has 0 amide bonds. The van der Waals surface area contributed by atoms with Crippen molar-refractivity contribution in [2.24, 2.45) is 0 Å². The monoisotopic (exact) mass is 230 g/mol. The van der Waals surface area contributed by atoms with Crippen LogP contribution in [0.5, 0.6) is 0 Å². The third-order valence-corrected chi connectivity index (χ3v) is 2.97. The van der Waals surface area contributed by atoms with Crippen molar-refractivity contribution < 1.29 is 24.1 Å². The lowest BCUT2D eigenvalue weighted by Gasteiger charge is -2.26. The number of ether oxygens (including phenoxy) is 3. The average Bonchev–Trinajstić information content (AvgIpc) is 2.76. The summed E-state index contributed by atoms with van der Waals surface area (Å²) < 4.78 is 16.7. The van der Waals surface area contributed by atoms with Crippen LogP contribution in [0.2, 0.25) is 0 Å². The van der Waals surface area contributed by atoms with E-state index in [1.165, 1.54) is 0 Å². The molecule has 16 heavy (non-hydrogen) atoms. The molecule has 2 aliphatic rings. The fourth-order valence-electron chi connectivity index (χ4n) is 2.08. The van der Waals surface area contributed by atoms with E-state index in [-0.39, 0.29) is 24.9 Å². The van der Waals surface area contributed by atoms with Gasteiger partial charge in [-0.15, -0.1) is 0 Å². The molecule has 3 atom stereocenters. The minimum absolute atomic E-state index is 0.0311. The van der Waals surface area contributed by atoms with Crippen LogP contribution in [-0.2, 0) is 19.0 Å². The van der Waals surface area contributed by atoms with Crippen molar-refractivity contribution in [1.82, 2.24) is 0 Å². The van der Waals surface area contributed by atoms with Crippen LogP contribution >= 0.6 is 0 Å². The van der Waals surface area contributed by atoms with E-state index in [2.05, 4.69) is 0 Å². The highest BCUT2D eigenvalue weighted by molar-refractivity contribution is 5.66. The summed E-state index contributed by atoms with van der Waals surface area (Å²) >= 11 is 0. The number of carboxylic acids is 1. The lowest BCUT2D eigenvalue weighted by Crippen LogP contribution is -2.33. The van der Waals surface area contributed by atoms with Gasteiger partial charge in [0.15, 0.2) is 6.29 Å². The molecule has 0 saturated carbocycles. The summed E-state index contributed by atoms with van der Waals surface area (Å²) in [6.07, 6.45) is 3.51. The quantitative estimate of drug-likeness (QED) is 0.785. The predicted molar refractivity (Wildman–Crippen MR) is 55.1 cm³/mol. The van der Waals surface area contributed by atoms with Crippen molar-refractivity contribution in [1.29, 1.82) is 0 Å². The Morgan fingerprint density at radius 3 is 2.88 bits per heavy atom. The molecule has 0 aromatic carbocycles. The Hall–Kier alpha value is -0.650. The van der Waals surface area contributed by atoms with Gasteiger partial charge in [-0.05, 0) is 25.7 Å². The van der Waals surface area contributed by atoms with Gasteiger partial charge in [-0.25, -0.2) is 0 Å². The van der Waals surface area contributed by atoms with E-state index in [1.54, 1.807) is 0 Å². The molecule has 2 fully saturated rings. The SMILES string of the molecule is O=C(O)CCC1COC(C2CCCCO2)O1. The Balaban J connectivity index is 1.72. The standard InChI is InChI=1S/C11H18O5/c12-10(13)5-4-8-7-15-11(16-8)9-3-1-2-6-14-9/h8-9,11H,1-7H2,(H,12,13). The molecule has 0 radical (unpaired) electrons. The topological polar surface area (TPSA) is 65.0 Å². The van der Waals surface area contributed by atoms with E-state index in [1.807, 2.05) is 0 Å². The maximum absolute atomic E-state index is 10.4. The summed E-state index contributed by atoms with van der Waals surface area (Å²) in [5, 5.41) is 8.57. The molecule has 0 aromatic rings. The Morgan fingerprint density at radius 1 is 1.31 bits per heavy atom. The molecule has 0 spiro atoms. The van der Waals surface area contributed by atoms with E-state index in [0.717, 1.165) is 25.9 Å². The summed E-state index contributed by atoms with van der Waals surface area (Å²) in [7, 11) is 0. The normalized spacial score (nSPS) is 35.1. The first-order valence-corrected chi connectivity index (χ1v) is 5.86. The Morgan fingerprint density at radius 2 is 2.19 bits per heavy atom. The van der Waals surface area contributed by atoms with Crippen molar-refractivity contribution in [3.8, 4) is 0 Å². The van der Waals surface area contributed by atoms with Crippen LogP contribution in [-0.4, -0.2) is 42.8 Å². The van der Waals surface area contributed by atoms with Crippen molar-refractivity contribution in [2.75, 3.05) is 13.2 Å². The van der Waals surface area contributed by atoms with E-state index < -0.39 is 5.97 Å². The minimum Gasteiger partial charge on any atom is -0.481 e. The third kappa shape index (κ3) is 3.17. The highest BCUT2D eigenvalue weighted by Crippen LogP contribution is 2.25. The van der Waals surface area contributed by atoms with Crippen LogP contribution in [0.25, 0.3) is 0 Å². The van der Waals surface area contributed by atoms with Gasteiger partial charge in [0.2, 0.25) is 0 Å². The number of aliphatic carboxylic acids is 1. The Bertz CT molecular complexity index is 237. The lowest BCUT2D eigenvalue weighted by atomic mass is 10.1. The maximum Gasteiger partial charge on any atom is 0.303 e. The second-order valence-electron chi connectivity index (χ2n) is 4.30. The molecule has 2 heterocycles. The van der Waals surface area contributed by atoms with Gasteiger partial charge in [0.1, 0.15) is 6.10 Å². The average molecular weight is 230 g/mol. The zero-order chi connectivity index (χ0) is 11.4. The lowest BCUT2D eigenvalue weighted by molar-refractivity contribution is -0.164. The fourth-order valence-corrected chi connectivity index (χ4v) is 2.08. The molecule has 0 aromatic heterocycles. The maximum atomic E-state index is 10.4. The molecule has 0 bridgehead atoms. The molecular weight excluding hydrogens is 212 g/mol. The van der Waals surface area contributed by atoms with Gasteiger partial charge in [-0.3, -0.25) is 4.79 Å². The first kappa shape index (κ1) is 11.8. The fraction of sp³-hybridized carbons (Fsp3) is 0.909. The summed E-state index contributed by atoms with van der Waals surface area (Å²) in [5.74, 6) is -0.791. The van der Waals surface area contributed by atoms with Gasteiger partial charge in [0, 0.05) is 13.0 Å². The Kier molecular flexibility index (Phi) is 4.15. The smallest absolute Gasteiger partial charge is 0.303 e. The molecule has 2 rings (SSSR count). The number of carbonyl (C=O) groups is 1. The van der Waals surface area contributed by atoms with Crippen LogP contribution in [0.15, 0.2) is 0 Å². The van der Waals surface area contributed by atoms with Gasteiger partial charge in [-0.1, -0.05) is 0 Å². The molecule has 2 saturated heterocycles. The van der Waals surface area contributed by atoms with E-state index in [9.17, 15) is 4.79 Å². The molecule has 5 nitrogen and oxygen atoms in total. The van der Waals surface area contributed by atoms with Gasteiger partial charge in [0.25, 0.3) is 0 Å². The molecule has 5 heteroatoms. The number of carboxylic acid groups (broad SMARTS) is 1. The van der Waals surface area contributed by atoms with Gasteiger partial charge in [0.05, 0.1) is 12.7 Å². The minimum atomic E-state index is -0.791. The van der Waals surface area contributed by atoms with Crippen molar-refractivity contribution in [2.45, 2.75) is 50.6 Å². The highest BCUT2D eigenvalue weighted by Gasteiger charge is 2.34. The van der Waals surface area contributed by atoms with E-state index in [4.69, 9.17) is 19.3 Å². The largest absolute Gasteiger partial charge is 0.481 e. The van der Waals surface area contributed by atoms with Crippen molar-refractivity contribution in [3.63, 3.8) is 0 Å². The zero-order valence-corrected chi connectivity index (χ0v) is 9.26. The number of hydrogen-bond acceptors (Lipinski definition) is 4. The number of rotatable bonds is 4. The molecule has 0 aliphatic carbocycles. The molecular formula is C11H18O5. The molecule has 1 N–H and O–H groups in total. The second-order valence-corrected chi connectivity index (χ2v) is 4.30. The van der Waals surface area contributed by atoms with Crippen LogP contribution in [0, 0.1) is 0 Å². The number of hydrogen-bond donors (Lipinski definition) is 1.